The maximum atomic E-state index is 4.03. The van der Waals surface area contributed by atoms with E-state index in [-0.39, 0.29) is 0 Å². The summed E-state index contributed by atoms with van der Waals surface area (Å²) in [4.78, 5) is 0. The molecule has 0 spiro atoms. The van der Waals surface area contributed by atoms with Crippen LogP contribution in [0.25, 0.3) is 0 Å². The van der Waals surface area contributed by atoms with E-state index in [0.29, 0.717) is 0 Å². The molecule has 0 saturated carbocycles. The molecule has 0 saturated heterocycles. The fourth-order valence-electron chi connectivity index (χ4n) is 0. The molecule has 0 amide bonds. The lowest BCUT2D eigenvalue weighted by molar-refractivity contribution is 2.01. The van der Waals surface area contributed by atoms with Gasteiger partial charge in [0, 0.05) is 21.1 Å². The molecule has 0 heterocycles. The molecule has 1 unspecified atom stereocenters. The van der Waals surface area contributed by atoms with Crippen LogP contribution in [0.2, 0.25) is 0 Å². The Morgan fingerprint density at radius 2 is 2.17 bits per heavy atom. The Labute approximate surface area is 51.7 Å². The summed E-state index contributed by atoms with van der Waals surface area (Å²) in [5, 5.41) is 0. The maximum Gasteiger partial charge on any atom is 0.00234 e. The molecule has 0 bridgehead atoms. The van der Waals surface area contributed by atoms with E-state index >= 15 is 0 Å². The van der Waals surface area contributed by atoms with Crippen molar-refractivity contribution in [2.75, 3.05) is 6.26 Å². The molecule has 0 fully saturated rings. The van der Waals surface area contributed by atoms with Crippen molar-refractivity contribution in [1.82, 2.24) is 0 Å². The molecule has 0 N–H and O–H groups in total. The Bertz CT molecular complexity index is 57.1. The zero-order valence-electron chi connectivity index (χ0n) is 3.39. The topological polar surface area (TPSA) is 12.4 Å². The summed E-state index contributed by atoms with van der Waals surface area (Å²) in [5.74, 6) is 0. The monoisotopic (exact) mass is 187 g/mol. The van der Waals surface area contributed by atoms with Crippen molar-refractivity contribution in [2.24, 2.45) is 4.40 Å². The van der Waals surface area contributed by atoms with E-state index in [9.17, 15) is 0 Å². The molecule has 1 nitrogen and oxygen atoms in total. The van der Waals surface area contributed by atoms with Crippen LogP contribution in [0.4, 0.5) is 0 Å². The number of rotatable bonds is 1. The van der Waals surface area contributed by atoms with Crippen molar-refractivity contribution in [1.29, 1.82) is 0 Å². The van der Waals surface area contributed by atoms with Gasteiger partial charge in [0.05, 0.1) is 0 Å². The van der Waals surface area contributed by atoms with Crippen molar-refractivity contribution in [3.8, 4) is 0 Å². The Morgan fingerprint density at radius 1 is 2.00 bits per heavy atom. The first-order chi connectivity index (χ1) is 2.56. The van der Waals surface area contributed by atoms with Crippen LogP contribution in [0, 0.1) is 0 Å². The third-order valence-electron chi connectivity index (χ3n) is 0.236. The minimum atomic E-state index is -1.14. The normalized spacial score (nSPS) is 24.5. The summed E-state index contributed by atoms with van der Waals surface area (Å²) in [6.45, 7) is 3.30. The summed E-state index contributed by atoms with van der Waals surface area (Å²) in [7, 11) is -1.14. The third-order valence-corrected chi connectivity index (χ3v) is 1.67. The number of thiol groups is 1. The van der Waals surface area contributed by atoms with Crippen molar-refractivity contribution < 1.29 is 0 Å². The SMILES string of the molecule is C=NS(C)(S)Br. The molecule has 38 valence electrons. The minimum absolute atomic E-state index is 1.14. The van der Waals surface area contributed by atoms with Gasteiger partial charge in [0.1, 0.15) is 0 Å². The van der Waals surface area contributed by atoms with E-state index in [2.05, 4.69) is 37.6 Å². The van der Waals surface area contributed by atoms with Gasteiger partial charge >= 0.3 is 0 Å². The molecular weight excluding hydrogens is 182 g/mol. The fourth-order valence-corrected chi connectivity index (χ4v) is 0. The smallest absolute Gasteiger partial charge is 0.00234 e. The van der Waals surface area contributed by atoms with Crippen LogP contribution in [-0.4, -0.2) is 13.0 Å². The number of halogens is 1. The minimum Gasteiger partial charge on any atom is -0.234 e. The Kier molecular flexibility index (Phi) is 2.55. The lowest BCUT2D eigenvalue weighted by atomic mass is 11.8. The summed E-state index contributed by atoms with van der Waals surface area (Å²) in [6, 6.07) is 0. The third kappa shape index (κ3) is 4.85. The molecule has 0 radical (unpaired) electrons. The predicted molar refractivity (Wildman–Crippen MR) is 41.0 cm³/mol. The second-order valence-corrected chi connectivity index (χ2v) is 10.0. The molecule has 6 heavy (non-hydrogen) atoms. The average molecular weight is 188 g/mol. The molecule has 0 rings (SSSR count). The standard InChI is InChI=1S/C2H6BrNS2/c1-4-6(2,3)5/h5H,1H2,2H3. The van der Waals surface area contributed by atoms with Gasteiger partial charge < -0.3 is 0 Å². The highest BCUT2D eigenvalue weighted by atomic mass is 79.9. The van der Waals surface area contributed by atoms with Gasteiger partial charge in [-0.05, 0) is 14.4 Å². The maximum absolute atomic E-state index is 4.03. The highest BCUT2D eigenvalue weighted by molar-refractivity contribution is 9.68. The lowest BCUT2D eigenvalue weighted by Gasteiger charge is -2.10. The van der Waals surface area contributed by atoms with Gasteiger partial charge in [-0.1, -0.05) is 0 Å². The molecule has 0 aromatic rings. The van der Waals surface area contributed by atoms with Gasteiger partial charge in [0.15, 0.2) is 0 Å². The Balaban J connectivity index is 3.45. The second-order valence-electron chi connectivity index (χ2n) is 0.868. The van der Waals surface area contributed by atoms with E-state index in [1.54, 1.807) is 0 Å². The number of hydrogen-bond acceptors (Lipinski definition) is 2. The summed E-state index contributed by atoms with van der Waals surface area (Å²) in [6.07, 6.45) is 1.88. The Hall–Kier alpha value is 0.850. The van der Waals surface area contributed by atoms with Gasteiger partial charge in [-0.2, -0.15) is 0 Å². The first-order valence-corrected chi connectivity index (χ1v) is 6.14. The second kappa shape index (κ2) is 2.23. The largest absolute Gasteiger partial charge is 0.234 e. The van der Waals surface area contributed by atoms with E-state index in [1.165, 1.54) is 0 Å². The highest BCUT2D eigenvalue weighted by Crippen LogP contribution is 2.57. The highest BCUT2D eigenvalue weighted by Gasteiger charge is 1.97. The summed E-state index contributed by atoms with van der Waals surface area (Å²) in [5.41, 5.74) is 0. The van der Waals surface area contributed by atoms with Gasteiger partial charge in [0.25, 0.3) is 0 Å². The molecule has 0 aromatic heterocycles. The first kappa shape index (κ1) is 6.85. The van der Waals surface area contributed by atoms with Crippen molar-refractivity contribution >= 4 is 40.9 Å². The number of nitrogens with zero attached hydrogens (tertiary/aromatic N) is 1. The molecule has 0 aliphatic carbocycles. The molecular formula is C2H6BrNS2. The molecule has 0 aliphatic heterocycles. The van der Waals surface area contributed by atoms with Gasteiger partial charge in [0.2, 0.25) is 0 Å². The zero-order chi connectivity index (χ0) is 5.21. The van der Waals surface area contributed by atoms with Crippen LogP contribution in [0.1, 0.15) is 0 Å². The van der Waals surface area contributed by atoms with Crippen LogP contribution in [0.5, 0.6) is 0 Å². The van der Waals surface area contributed by atoms with E-state index in [0.717, 1.165) is 0 Å². The van der Waals surface area contributed by atoms with E-state index < -0.39 is 7.68 Å². The summed E-state index contributed by atoms with van der Waals surface area (Å²) < 4.78 is 3.64. The average Bonchev–Trinajstić information content (AvgIpc) is 1.35. The number of hydrogen-bond donors (Lipinski definition) is 1. The summed E-state index contributed by atoms with van der Waals surface area (Å²) >= 11 is 7.22. The van der Waals surface area contributed by atoms with E-state index in [4.69, 9.17) is 0 Å². The fraction of sp³-hybridized carbons (Fsp3) is 0.500. The van der Waals surface area contributed by atoms with Crippen molar-refractivity contribution in [3.05, 3.63) is 0 Å². The van der Waals surface area contributed by atoms with Crippen LogP contribution in [0.3, 0.4) is 0 Å². The van der Waals surface area contributed by atoms with Gasteiger partial charge in [-0.3, -0.25) is 0 Å². The lowest BCUT2D eigenvalue weighted by Crippen LogP contribution is -1.61. The predicted octanol–water partition coefficient (Wildman–Crippen LogP) is 2.19. The molecule has 4 heteroatoms. The molecule has 0 aliphatic rings. The Morgan fingerprint density at radius 3 is 2.17 bits per heavy atom. The van der Waals surface area contributed by atoms with Crippen LogP contribution in [-0.2, 0) is 0 Å². The van der Waals surface area contributed by atoms with Crippen LogP contribution < -0.4 is 0 Å². The van der Waals surface area contributed by atoms with Gasteiger partial charge in [-0.25, -0.2) is 4.40 Å². The van der Waals surface area contributed by atoms with Crippen molar-refractivity contribution in [2.45, 2.75) is 0 Å². The quantitative estimate of drug-likeness (QED) is 0.368. The van der Waals surface area contributed by atoms with Crippen LogP contribution in [0.15, 0.2) is 4.40 Å². The molecule has 1 atom stereocenters. The van der Waals surface area contributed by atoms with E-state index in [1.807, 2.05) is 6.26 Å². The first-order valence-electron chi connectivity index (χ1n) is 1.24. The molecule has 0 aromatic carbocycles. The zero-order valence-corrected chi connectivity index (χ0v) is 6.68. The van der Waals surface area contributed by atoms with Crippen LogP contribution >= 0.6 is 34.2 Å². The van der Waals surface area contributed by atoms with Gasteiger partial charge in [-0.15, -0.1) is 11.7 Å². The van der Waals surface area contributed by atoms with Crippen molar-refractivity contribution in [3.63, 3.8) is 0 Å².